The number of nitrogens with zero attached hydrogens (tertiary/aromatic N) is 4. The van der Waals surface area contributed by atoms with Crippen molar-refractivity contribution in [1.29, 1.82) is 0 Å². The summed E-state index contributed by atoms with van der Waals surface area (Å²) in [7, 11) is -12.6. The van der Waals surface area contributed by atoms with Crippen LogP contribution >= 0.6 is 0 Å². The quantitative estimate of drug-likeness (QED) is 0.0373. The molecule has 16 rings (SSSR count). The van der Waals surface area contributed by atoms with Gasteiger partial charge in [-0.2, -0.15) is 26.3 Å². The van der Waals surface area contributed by atoms with Gasteiger partial charge in [-0.1, -0.05) is 52.0 Å². The Hall–Kier alpha value is -11.5. The monoisotopic (exact) mass is 1940 g/mol. The highest BCUT2D eigenvalue weighted by Crippen LogP contribution is 2.56. The van der Waals surface area contributed by atoms with Crippen LogP contribution in [0.5, 0.6) is 23.0 Å². The lowest BCUT2D eigenvalue weighted by Gasteiger charge is -2.37. The van der Waals surface area contributed by atoms with E-state index in [0.717, 1.165) is 55.8 Å². The number of ketones is 4. The van der Waals surface area contributed by atoms with Gasteiger partial charge in [0.25, 0.3) is 28.9 Å². The molecule has 710 valence electrons. The second-order valence-electron chi connectivity index (χ2n) is 36.2. The number of ether oxygens (including phenoxy) is 4. The van der Waals surface area contributed by atoms with Gasteiger partial charge >= 0.3 is 12.4 Å². The highest BCUT2D eigenvalue weighted by molar-refractivity contribution is 7.93. The first kappa shape index (κ1) is 99.0. The van der Waals surface area contributed by atoms with Crippen molar-refractivity contribution < 1.29 is 150 Å². The van der Waals surface area contributed by atoms with Crippen molar-refractivity contribution >= 4 is 132 Å². The molecule has 41 heteroatoms. The molecular formula is C92H90F10N4O23S4. The van der Waals surface area contributed by atoms with Gasteiger partial charge in [-0.25, -0.2) is 51.2 Å². The summed E-state index contributed by atoms with van der Waals surface area (Å²) in [6.07, 6.45) is -17.5. The van der Waals surface area contributed by atoms with Crippen LogP contribution in [0.2, 0.25) is 0 Å². The van der Waals surface area contributed by atoms with E-state index in [-0.39, 0.29) is 146 Å². The van der Waals surface area contributed by atoms with E-state index in [9.17, 15) is 131 Å². The van der Waals surface area contributed by atoms with Crippen LogP contribution in [-0.2, 0) is 75.3 Å². The molecule has 0 saturated carbocycles. The number of benzene rings is 8. The first-order valence-electron chi connectivity index (χ1n) is 41.3. The maximum absolute atomic E-state index is 14.0. The second kappa shape index (κ2) is 35.1. The van der Waals surface area contributed by atoms with Gasteiger partial charge in [-0.3, -0.25) is 58.0 Å². The fourth-order valence-corrected chi connectivity index (χ4v) is 27.2. The molecule has 4 fully saturated rings. The zero-order valence-corrected chi connectivity index (χ0v) is 76.0. The lowest BCUT2D eigenvalue weighted by atomic mass is 9.85. The first-order valence-corrected chi connectivity index (χ1v) is 48.5. The molecule has 8 aromatic rings. The number of Topliss-reactive ketones (excluding diaryl/α,β-unsaturated/α-hetero) is 4. The number of hydrogen-bond donors (Lipinski definition) is 3. The third-order valence-corrected chi connectivity index (χ3v) is 32.6. The standard InChI is InChI=1S/2C23H21F4NO6S.C23H24FNO6S.C23H24FNO5S/c2*1-13(24)34-16-5-3-4-15(9-16)28-18-7-6-14(19(29)10-21(2)11-35(32,33)12-21)8-17(18)22(31,20(28)30)23(25,26)27;1-14(24)31-17-6-4-5-16(10-17)25-19-8-7-15(9-18(19)23(3,28)21(25)27)20(26)11-22(2)12-32(29,30)13-22;1-14-19-9-16(21(26)11-23(3)12-31(28,29)13-23)7-8-20(19)25(22(14)27)17-5-4-6-18(10-17)30-15(2)24/h2*3-9,13,31H,10-12H2,1-2H3;4-10,14,28H,11-13H2,1-3H3;4-10,14-15H,11-13H2,1-3H3/t2*13?,22-;14?,23-;/m100./s1. The van der Waals surface area contributed by atoms with Gasteiger partial charge in [0.15, 0.2) is 68.1 Å². The molecule has 0 spiro atoms. The molecule has 4 amide bonds. The third-order valence-electron chi connectivity index (χ3n) is 23.5. The van der Waals surface area contributed by atoms with Gasteiger partial charge in [-0.15, -0.1) is 0 Å². The van der Waals surface area contributed by atoms with Crippen LogP contribution in [0.3, 0.4) is 0 Å². The Morgan fingerprint density at radius 3 is 0.865 bits per heavy atom. The number of alkyl halides is 10. The van der Waals surface area contributed by atoms with Crippen LogP contribution < -0.4 is 38.5 Å². The van der Waals surface area contributed by atoms with Crippen LogP contribution in [0.4, 0.5) is 89.4 Å². The summed E-state index contributed by atoms with van der Waals surface area (Å²) in [5.74, 6) is -6.70. The number of carbonyl (C=O) groups is 8. The predicted octanol–water partition coefficient (Wildman–Crippen LogP) is 15.1. The second-order valence-corrected chi connectivity index (χ2v) is 44.4. The molecule has 27 nitrogen and oxygen atoms in total. The molecule has 5 unspecified atom stereocenters. The van der Waals surface area contributed by atoms with Crippen molar-refractivity contribution in [3.8, 4) is 23.0 Å². The maximum atomic E-state index is 14.0. The Kier molecular flexibility index (Phi) is 26.1. The molecule has 8 heterocycles. The Bertz CT molecular complexity index is 6360. The van der Waals surface area contributed by atoms with Crippen molar-refractivity contribution in [3.63, 3.8) is 0 Å². The number of amides is 4. The van der Waals surface area contributed by atoms with Gasteiger partial charge in [-0.05, 0) is 141 Å². The fraction of sp³-hybridized carbons (Fsp3) is 0.391. The van der Waals surface area contributed by atoms with E-state index < -0.39 is 162 Å². The van der Waals surface area contributed by atoms with Crippen LogP contribution in [0.1, 0.15) is 165 Å². The third kappa shape index (κ3) is 20.1. The van der Waals surface area contributed by atoms with E-state index in [0.29, 0.717) is 49.4 Å². The average Bonchev–Trinajstić information content (AvgIpc) is 1.58. The van der Waals surface area contributed by atoms with Gasteiger partial charge in [0.2, 0.25) is 31.3 Å². The Labute approximate surface area is 757 Å². The first-order chi connectivity index (χ1) is 61.4. The molecular weight excluding hydrogens is 1850 g/mol. The average molecular weight is 1940 g/mol. The molecule has 8 aliphatic rings. The summed E-state index contributed by atoms with van der Waals surface area (Å²) in [5, 5.41) is 32.3. The van der Waals surface area contributed by atoms with E-state index in [1.54, 1.807) is 112 Å². The lowest BCUT2D eigenvalue weighted by Crippen LogP contribution is -2.49. The molecule has 8 atom stereocenters. The number of fused-ring (bicyclic) bond motifs is 4. The molecule has 133 heavy (non-hydrogen) atoms. The molecule has 3 N–H and O–H groups in total. The SMILES string of the molecule is CC(F)Oc1cccc(N2C(=O)C(C)c3cc(C(=O)CC4(C)CS(=O)(=O)C4)ccc32)c1.CC(F)Oc1cccc(N2C(=O)[C@@](C)(O)c3cc(C(=O)CC4(C)CS(=O)(=O)C4)ccc32)c1.CC(F)Oc1cccc(N2C(=O)[C@@](O)(C(F)(F)F)c3cc(C(=O)CC4(C)CS(=O)(=O)C4)ccc32)c1.CC(F)Oc1cccc(N2C(=O)[C@](O)(C(F)(F)F)c3cc(C(=O)CC4(C)CS(=O)(=O)C4)ccc32)c1. The minimum Gasteiger partial charge on any atom is -0.461 e. The smallest absolute Gasteiger partial charge is 0.430 e. The Morgan fingerprint density at radius 2 is 0.602 bits per heavy atom. The molecule has 8 aliphatic heterocycles. The van der Waals surface area contributed by atoms with Crippen LogP contribution in [-0.4, -0.2) is 180 Å². The zero-order valence-electron chi connectivity index (χ0n) is 72.7. The molecule has 0 radical (unpaired) electrons. The number of rotatable bonds is 24. The topological polar surface area (TPSA) is 384 Å². The summed E-state index contributed by atoms with van der Waals surface area (Å²) in [6.45, 7) is 14.6. The molecule has 0 aromatic heterocycles. The van der Waals surface area contributed by atoms with Crippen molar-refractivity contribution in [3.05, 3.63) is 214 Å². The Morgan fingerprint density at radius 1 is 0.361 bits per heavy atom. The summed E-state index contributed by atoms with van der Waals surface area (Å²) in [5.41, 5.74) is -11.7. The summed E-state index contributed by atoms with van der Waals surface area (Å²) in [6, 6.07) is 39.2. The van der Waals surface area contributed by atoms with Crippen molar-refractivity contribution in [2.75, 3.05) is 65.6 Å². The molecule has 0 bridgehead atoms. The molecule has 8 aromatic carbocycles. The van der Waals surface area contributed by atoms with Gasteiger partial charge in [0.1, 0.15) is 23.0 Å². The van der Waals surface area contributed by atoms with Crippen molar-refractivity contribution in [1.82, 2.24) is 0 Å². The largest absolute Gasteiger partial charge is 0.461 e. The summed E-state index contributed by atoms with van der Waals surface area (Å²) >= 11 is 0. The number of aliphatic hydroxyl groups is 3. The Balaban J connectivity index is 0.000000151. The number of sulfone groups is 4. The van der Waals surface area contributed by atoms with Crippen LogP contribution in [0.15, 0.2) is 170 Å². The number of anilines is 8. The van der Waals surface area contributed by atoms with E-state index in [1.165, 1.54) is 86.3 Å². The van der Waals surface area contributed by atoms with Gasteiger partial charge in [0, 0.05) is 138 Å². The normalized spacial score (nSPS) is 23.2. The molecule has 4 saturated heterocycles. The van der Waals surface area contributed by atoms with Crippen molar-refractivity contribution in [2.24, 2.45) is 21.7 Å². The molecule has 0 aliphatic carbocycles. The summed E-state index contributed by atoms with van der Waals surface area (Å²) < 4.78 is 249. The zero-order chi connectivity index (χ0) is 98.0. The van der Waals surface area contributed by atoms with Crippen molar-refractivity contribution in [2.45, 2.75) is 155 Å². The van der Waals surface area contributed by atoms with E-state index >= 15 is 0 Å². The highest BCUT2D eigenvalue weighted by atomic mass is 32.2. The summed E-state index contributed by atoms with van der Waals surface area (Å²) in [4.78, 5) is 107. The predicted molar refractivity (Wildman–Crippen MR) is 466 cm³/mol. The van der Waals surface area contributed by atoms with E-state index in [2.05, 4.69) is 0 Å². The van der Waals surface area contributed by atoms with E-state index in [4.69, 9.17) is 18.9 Å². The fourth-order valence-electron chi connectivity index (χ4n) is 18.2. The minimum absolute atomic E-state index is 0.0231. The lowest BCUT2D eigenvalue weighted by molar-refractivity contribution is -0.253. The van der Waals surface area contributed by atoms with Gasteiger partial charge in [0.05, 0.1) is 97.4 Å². The number of hydrogen-bond acceptors (Lipinski definition) is 23. The maximum Gasteiger partial charge on any atom is 0.430 e. The van der Waals surface area contributed by atoms with Crippen LogP contribution in [0, 0.1) is 21.7 Å². The number of carbonyl (C=O) groups excluding carboxylic acids is 8. The highest BCUT2D eigenvalue weighted by Gasteiger charge is 2.69. The van der Waals surface area contributed by atoms with Gasteiger partial charge < -0.3 is 34.3 Å². The van der Waals surface area contributed by atoms with E-state index in [1.807, 2.05) is 0 Å². The minimum atomic E-state index is -5.43. The number of halogens is 10. The van der Waals surface area contributed by atoms with Crippen LogP contribution in [0.25, 0.3) is 0 Å².